The van der Waals surface area contributed by atoms with Crippen LogP contribution in [0.15, 0.2) is 66.7 Å². The lowest BCUT2D eigenvalue weighted by Gasteiger charge is -2.16. The van der Waals surface area contributed by atoms with Crippen molar-refractivity contribution >= 4 is 21.7 Å². The fourth-order valence-electron chi connectivity index (χ4n) is 3.70. The number of nitro groups is 1. The van der Waals surface area contributed by atoms with Crippen molar-refractivity contribution in [2.45, 2.75) is 12.8 Å². The second-order valence-electron chi connectivity index (χ2n) is 6.35. The lowest BCUT2D eigenvalue weighted by Crippen LogP contribution is -2.15. The fourth-order valence-corrected chi connectivity index (χ4v) is 3.70. The molecule has 0 aliphatic heterocycles. The Hall–Kier alpha value is -3.14. The summed E-state index contributed by atoms with van der Waals surface area (Å²) < 4.78 is 0. The van der Waals surface area contributed by atoms with Crippen LogP contribution in [0.3, 0.4) is 0 Å². The zero-order valence-corrected chi connectivity index (χ0v) is 13.9. The monoisotopic (exact) mass is 330 g/mol. The van der Waals surface area contributed by atoms with Crippen molar-refractivity contribution in [3.63, 3.8) is 0 Å². The first kappa shape index (κ1) is 15.4. The van der Waals surface area contributed by atoms with Gasteiger partial charge in [-0.3, -0.25) is 10.1 Å². The maximum atomic E-state index is 11.4. The summed E-state index contributed by atoms with van der Waals surface area (Å²) in [6.07, 6.45) is 0. The highest BCUT2D eigenvalue weighted by molar-refractivity contribution is 5.88. The van der Waals surface area contributed by atoms with Gasteiger partial charge in [0.2, 0.25) is 6.54 Å². The van der Waals surface area contributed by atoms with Gasteiger partial charge < -0.3 is 4.98 Å². The average Bonchev–Trinajstić information content (AvgIpc) is 2.96. The average molecular weight is 330 g/mol. The van der Waals surface area contributed by atoms with Gasteiger partial charge in [0.15, 0.2) is 0 Å². The first-order valence-electron chi connectivity index (χ1n) is 8.32. The van der Waals surface area contributed by atoms with Crippen LogP contribution in [0.5, 0.6) is 0 Å². The van der Waals surface area contributed by atoms with Crippen LogP contribution in [0.2, 0.25) is 0 Å². The molecule has 4 rings (SSSR count). The van der Waals surface area contributed by atoms with E-state index >= 15 is 0 Å². The number of fused-ring (bicyclic) bond motifs is 2. The zero-order chi connectivity index (χ0) is 17.4. The van der Waals surface area contributed by atoms with E-state index in [1.165, 1.54) is 0 Å². The predicted octanol–water partition coefficient (Wildman–Crippen LogP) is 5.04. The largest absolute Gasteiger partial charge is 0.357 e. The number of para-hydroxylation sites is 1. The van der Waals surface area contributed by atoms with Crippen molar-refractivity contribution in [3.8, 4) is 0 Å². The van der Waals surface area contributed by atoms with E-state index in [2.05, 4.69) is 11.1 Å². The molecule has 0 unspecified atom stereocenters. The molecule has 3 aromatic carbocycles. The Balaban J connectivity index is 1.96. The number of benzene rings is 3. The van der Waals surface area contributed by atoms with Crippen molar-refractivity contribution in [1.29, 1.82) is 0 Å². The molecule has 124 valence electrons. The number of hydrogen-bond acceptors (Lipinski definition) is 2. The van der Waals surface area contributed by atoms with E-state index in [-0.39, 0.29) is 17.4 Å². The number of aromatic nitrogens is 1. The van der Waals surface area contributed by atoms with Gasteiger partial charge in [0.25, 0.3) is 0 Å². The lowest BCUT2D eigenvalue weighted by molar-refractivity contribution is -0.481. The minimum atomic E-state index is -0.312. The van der Waals surface area contributed by atoms with E-state index < -0.39 is 0 Å². The maximum absolute atomic E-state index is 11.4. The van der Waals surface area contributed by atoms with Crippen LogP contribution >= 0.6 is 0 Å². The normalized spacial score (nSPS) is 12.5. The molecule has 0 radical (unpaired) electrons. The third-order valence-electron chi connectivity index (χ3n) is 4.88. The first-order chi connectivity index (χ1) is 12.1. The number of rotatable bonds is 4. The summed E-state index contributed by atoms with van der Waals surface area (Å²) in [5.41, 5.74) is 4.01. The Morgan fingerprint density at radius 3 is 2.40 bits per heavy atom. The summed E-state index contributed by atoms with van der Waals surface area (Å²) in [5.74, 6) is -0.312. The molecule has 4 aromatic rings. The second-order valence-corrected chi connectivity index (χ2v) is 6.35. The van der Waals surface area contributed by atoms with Crippen molar-refractivity contribution in [3.05, 3.63) is 93.7 Å². The number of nitrogens with zero attached hydrogens (tertiary/aromatic N) is 1. The molecule has 0 aliphatic rings. The third-order valence-corrected chi connectivity index (χ3v) is 4.88. The van der Waals surface area contributed by atoms with Gasteiger partial charge in [0.1, 0.15) is 0 Å². The smallest absolute Gasteiger partial charge is 0.216 e. The Kier molecular flexibility index (Phi) is 3.73. The molecule has 1 atom stereocenters. The van der Waals surface area contributed by atoms with Gasteiger partial charge in [-0.2, -0.15) is 0 Å². The maximum Gasteiger partial charge on any atom is 0.216 e. The Labute approximate surface area is 145 Å². The molecule has 1 aromatic heterocycles. The second kappa shape index (κ2) is 6.06. The van der Waals surface area contributed by atoms with E-state index in [0.29, 0.717) is 0 Å². The van der Waals surface area contributed by atoms with Gasteiger partial charge >= 0.3 is 0 Å². The van der Waals surface area contributed by atoms with E-state index in [1.54, 1.807) is 0 Å². The third kappa shape index (κ3) is 2.66. The van der Waals surface area contributed by atoms with Crippen molar-refractivity contribution in [2.75, 3.05) is 6.54 Å². The highest BCUT2D eigenvalue weighted by Gasteiger charge is 2.26. The quantitative estimate of drug-likeness (QED) is 0.421. The standard InChI is InChI=1S/C21H18N2O2/c1-14-16-9-4-5-12-20(16)22-21(14)19(13-23(24)25)18-11-6-8-15-7-2-3-10-17(15)18/h2-12,19,22H,13H2,1H3/t19-/m0/s1. The lowest BCUT2D eigenvalue weighted by atomic mass is 9.89. The Morgan fingerprint density at radius 1 is 0.960 bits per heavy atom. The molecule has 4 nitrogen and oxygen atoms in total. The van der Waals surface area contributed by atoms with Gasteiger partial charge in [0.05, 0.1) is 5.92 Å². The van der Waals surface area contributed by atoms with Crippen LogP contribution in [-0.4, -0.2) is 16.5 Å². The Morgan fingerprint density at radius 2 is 1.64 bits per heavy atom. The van der Waals surface area contributed by atoms with Crippen LogP contribution in [0.1, 0.15) is 22.7 Å². The number of nitrogens with one attached hydrogen (secondary N) is 1. The molecular weight excluding hydrogens is 312 g/mol. The topological polar surface area (TPSA) is 58.9 Å². The summed E-state index contributed by atoms with van der Waals surface area (Å²) >= 11 is 0. The summed E-state index contributed by atoms with van der Waals surface area (Å²) in [6.45, 7) is 1.90. The van der Waals surface area contributed by atoms with E-state index in [1.807, 2.05) is 67.6 Å². The molecular formula is C21H18N2O2. The molecule has 25 heavy (non-hydrogen) atoms. The number of aromatic amines is 1. The number of H-pyrrole nitrogens is 1. The molecule has 0 aliphatic carbocycles. The van der Waals surface area contributed by atoms with Crippen molar-refractivity contribution in [1.82, 2.24) is 4.98 Å². The van der Waals surface area contributed by atoms with Crippen LogP contribution in [0.25, 0.3) is 21.7 Å². The summed E-state index contributed by atoms with van der Waals surface area (Å²) in [7, 11) is 0. The molecule has 0 spiro atoms. The van der Waals surface area contributed by atoms with Gasteiger partial charge in [-0.05, 0) is 34.9 Å². The van der Waals surface area contributed by atoms with E-state index in [9.17, 15) is 10.1 Å². The molecule has 1 heterocycles. The molecule has 0 saturated heterocycles. The van der Waals surface area contributed by atoms with Gasteiger partial charge in [0, 0.05) is 21.5 Å². The molecule has 0 saturated carbocycles. The molecule has 0 fully saturated rings. The van der Waals surface area contributed by atoms with Gasteiger partial charge in [-0.15, -0.1) is 0 Å². The van der Waals surface area contributed by atoms with E-state index in [0.717, 1.165) is 38.5 Å². The van der Waals surface area contributed by atoms with Gasteiger partial charge in [-0.1, -0.05) is 60.7 Å². The highest BCUT2D eigenvalue weighted by Crippen LogP contribution is 2.35. The molecule has 4 heteroatoms. The fraction of sp³-hybridized carbons (Fsp3) is 0.143. The van der Waals surface area contributed by atoms with Crippen LogP contribution in [0, 0.1) is 17.0 Å². The molecule has 0 amide bonds. The van der Waals surface area contributed by atoms with Crippen molar-refractivity contribution in [2.24, 2.45) is 0 Å². The van der Waals surface area contributed by atoms with Gasteiger partial charge in [-0.25, -0.2) is 0 Å². The van der Waals surface area contributed by atoms with E-state index in [4.69, 9.17) is 0 Å². The first-order valence-corrected chi connectivity index (χ1v) is 8.32. The minimum Gasteiger partial charge on any atom is -0.357 e. The predicted molar refractivity (Wildman–Crippen MR) is 101 cm³/mol. The van der Waals surface area contributed by atoms with Crippen molar-refractivity contribution < 1.29 is 4.92 Å². The summed E-state index contributed by atoms with van der Waals surface area (Å²) in [5, 5.41) is 14.7. The molecule has 0 bridgehead atoms. The van der Waals surface area contributed by atoms with Crippen LogP contribution < -0.4 is 0 Å². The molecule has 1 N–H and O–H groups in total. The summed E-state index contributed by atoms with van der Waals surface area (Å²) in [6, 6.07) is 22.1. The Bertz CT molecular complexity index is 1080. The van der Waals surface area contributed by atoms with Crippen LogP contribution in [-0.2, 0) is 0 Å². The highest BCUT2D eigenvalue weighted by atomic mass is 16.6. The summed E-state index contributed by atoms with van der Waals surface area (Å²) in [4.78, 5) is 14.6. The number of aryl methyl sites for hydroxylation is 1. The van der Waals surface area contributed by atoms with Crippen LogP contribution in [0.4, 0.5) is 0 Å². The zero-order valence-electron chi connectivity index (χ0n) is 13.9. The number of hydrogen-bond donors (Lipinski definition) is 1. The SMILES string of the molecule is Cc1c([C@@H](C[N+](=O)[O-])c2cccc3ccccc23)[nH]c2ccccc12. The minimum absolute atomic E-state index is 0.137.